The number of hydrogen-bond donors (Lipinski definition) is 2. The fourth-order valence-electron chi connectivity index (χ4n) is 9.22. The third-order valence-electron chi connectivity index (χ3n) is 12.2. The van der Waals surface area contributed by atoms with Crippen LogP contribution in [-0.2, 0) is 16.6 Å². The van der Waals surface area contributed by atoms with Gasteiger partial charge in [0.25, 0.3) is 5.91 Å². The third kappa shape index (κ3) is 6.61. The zero-order chi connectivity index (χ0) is 39.4. The minimum atomic E-state index is -0.690. The van der Waals surface area contributed by atoms with Crippen LogP contribution in [0.15, 0.2) is 59.9 Å². The van der Waals surface area contributed by atoms with Crippen LogP contribution in [0.4, 0.5) is 5.69 Å². The van der Waals surface area contributed by atoms with Crippen molar-refractivity contribution in [3.05, 3.63) is 82.3 Å². The first-order valence-corrected chi connectivity index (χ1v) is 19.6. The summed E-state index contributed by atoms with van der Waals surface area (Å²) >= 11 is 0. The summed E-state index contributed by atoms with van der Waals surface area (Å²) in [5.74, 6) is 0.319. The standard InChI is InChI=1S/C41H43N11O5/c1-48-37-29(4-3-5-33(37)52(41(48)56)34-10-11-36(53)46-40(34)55)26-12-14-49(15-13-26)21-24-6-8-28(9-7-24)50-23-27-16-32(35(57-2)17-31(27)47-50)45-39(54)30-20-44-51-22-25(18-42)19-43-38(30)51/h3-5,16-17,19-20,22-24,26,28,34H,6-15,21H2,1-2H3,(H,45,54)(H,46,53,55)/t24-,28-,34?. The average Bonchev–Trinajstić information content (AvgIpc) is 3.91. The van der Waals surface area contributed by atoms with E-state index in [1.807, 2.05) is 30.3 Å². The first-order chi connectivity index (χ1) is 27.7. The highest BCUT2D eigenvalue weighted by Gasteiger charge is 2.33. The lowest BCUT2D eigenvalue weighted by Gasteiger charge is -2.37. The maximum absolute atomic E-state index is 13.5. The van der Waals surface area contributed by atoms with E-state index in [4.69, 9.17) is 15.1 Å². The van der Waals surface area contributed by atoms with E-state index in [-0.39, 0.29) is 35.5 Å². The Morgan fingerprint density at radius 2 is 1.84 bits per heavy atom. The van der Waals surface area contributed by atoms with Gasteiger partial charge in [0.1, 0.15) is 23.4 Å². The molecule has 16 heteroatoms. The van der Waals surface area contributed by atoms with Crippen molar-refractivity contribution in [2.45, 2.75) is 69.4 Å². The minimum absolute atomic E-state index is 0.220. The van der Waals surface area contributed by atoms with Crippen LogP contribution in [0, 0.1) is 17.2 Å². The van der Waals surface area contributed by atoms with E-state index < -0.39 is 11.9 Å². The summed E-state index contributed by atoms with van der Waals surface area (Å²) in [4.78, 5) is 58.1. The number of rotatable bonds is 8. The molecule has 0 bridgehead atoms. The number of fused-ring (bicyclic) bond motifs is 3. The van der Waals surface area contributed by atoms with Crippen molar-refractivity contribution in [3.8, 4) is 11.8 Å². The number of methoxy groups -OCH3 is 1. The van der Waals surface area contributed by atoms with Crippen LogP contribution in [0.25, 0.3) is 27.6 Å². The van der Waals surface area contributed by atoms with Gasteiger partial charge >= 0.3 is 5.69 Å². The number of likely N-dealkylation sites (tertiary alicyclic amines) is 1. The van der Waals surface area contributed by atoms with Crippen molar-refractivity contribution in [1.82, 2.24) is 43.7 Å². The van der Waals surface area contributed by atoms with Gasteiger partial charge < -0.3 is 15.0 Å². The first kappa shape index (κ1) is 36.3. The molecule has 1 saturated carbocycles. The van der Waals surface area contributed by atoms with E-state index in [1.54, 1.807) is 23.3 Å². The number of ether oxygens (including phenoxy) is 1. The lowest BCUT2D eigenvalue weighted by atomic mass is 9.84. The summed E-state index contributed by atoms with van der Waals surface area (Å²) < 4.78 is 12.4. The molecular formula is C41H43N11O5. The molecule has 3 fully saturated rings. The van der Waals surface area contributed by atoms with Gasteiger partial charge in [-0.15, -0.1) is 0 Å². The number of nitrogens with one attached hydrogen (secondary N) is 2. The maximum Gasteiger partial charge on any atom is 0.329 e. The molecule has 6 heterocycles. The molecule has 2 aromatic carbocycles. The van der Waals surface area contributed by atoms with Gasteiger partial charge in [0.2, 0.25) is 11.8 Å². The molecule has 2 aliphatic heterocycles. The molecule has 0 spiro atoms. The molecule has 57 heavy (non-hydrogen) atoms. The lowest BCUT2D eigenvalue weighted by molar-refractivity contribution is -0.135. The van der Waals surface area contributed by atoms with Crippen molar-refractivity contribution >= 4 is 51.0 Å². The SMILES string of the molecule is COc1cc2nn([C@H]3CC[C@H](CN4CCC(c5cccc6c5n(C)c(=O)n6C5CCC(=O)NC5=O)CC4)CC3)cc2cc1NC(=O)c1cnn2cc(C#N)cnc12. The van der Waals surface area contributed by atoms with Crippen molar-refractivity contribution in [3.63, 3.8) is 0 Å². The molecule has 4 aromatic heterocycles. The molecule has 1 unspecified atom stereocenters. The van der Waals surface area contributed by atoms with Crippen LogP contribution >= 0.6 is 0 Å². The highest BCUT2D eigenvalue weighted by atomic mass is 16.5. The molecule has 1 atom stereocenters. The largest absolute Gasteiger partial charge is 0.494 e. The van der Waals surface area contributed by atoms with Gasteiger partial charge in [-0.25, -0.2) is 14.3 Å². The van der Waals surface area contributed by atoms with E-state index in [1.165, 1.54) is 23.1 Å². The number of amides is 3. The second kappa shape index (κ2) is 14.6. The summed E-state index contributed by atoms with van der Waals surface area (Å²) in [5, 5.41) is 24.5. The number of nitriles is 1. The zero-order valence-electron chi connectivity index (χ0n) is 31.8. The van der Waals surface area contributed by atoms with Gasteiger partial charge in [0.05, 0.1) is 53.3 Å². The highest BCUT2D eigenvalue weighted by Crippen LogP contribution is 2.38. The Balaban J connectivity index is 0.817. The summed E-state index contributed by atoms with van der Waals surface area (Å²) in [6, 6.07) is 11.4. The molecule has 0 radical (unpaired) electrons. The molecule has 2 saturated heterocycles. The maximum atomic E-state index is 13.5. The summed E-state index contributed by atoms with van der Waals surface area (Å²) in [6.07, 6.45) is 13.3. The van der Waals surface area contributed by atoms with E-state index in [0.717, 1.165) is 85.7 Å². The Morgan fingerprint density at radius 1 is 1.04 bits per heavy atom. The van der Waals surface area contributed by atoms with Crippen molar-refractivity contribution in [2.75, 3.05) is 32.1 Å². The van der Waals surface area contributed by atoms with E-state index >= 15 is 0 Å². The van der Waals surface area contributed by atoms with Crippen LogP contribution in [0.5, 0.6) is 5.75 Å². The minimum Gasteiger partial charge on any atom is -0.494 e. The predicted octanol–water partition coefficient (Wildman–Crippen LogP) is 4.45. The molecule has 9 rings (SSSR count). The van der Waals surface area contributed by atoms with Crippen LogP contribution in [-0.4, -0.2) is 82.9 Å². The summed E-state index contributed by atoms with van der Waals surface area (Å²) in [7, 11) is 3.34. The molecule has 6 aromatic rings. The van der Waals surface area contributed by atoms with Gasteiger partial charge in [-0.05, 0) is 87.6 Å². The summed E-state index contributed by atoms with van der Waals surface area (Å²) in [5.41, 5.74) is 4.83. The first-order valence-electron chi connectivity index (χ1n) is 19.6. The molecule has 292 valence electrons. The second-order valence-corrected chi connectivity index (χ2v) is 15.6. The second-order valence-electron chi connectivity index (χ2n) is 15.6. The number of carbonyl (C=O) groups excluding carboxylic acids is 3. The van der Waals surface area contributed by atoms with Crippen molar-refractivity contribution in [1.29, 1.82) is 5.26 Å². The number of hydrogen-bond acceptors (Lipinski definition) is 10. The molecule has 1 aliphatic carbocycles. The van der Waals surface area contributed by atoms with Crippen LogP contribution in [0.2, 0.25) is 0 Å². The fourth-order valence-corrected chi connectivity index (χ4v) is 9.22. The number of imide groups is 1. The van der Waals surface area contributed by atoms with Gasteiger partial charge in [0.15, 0.2) is 5.65 Å². The van der Waals surface area contributed by atoms with Crippen molar-refractivity contribution in [2.24, 2.45) is 13.0 Å². The van der Waals surface area contributed by atoms with Gasteiger partial charge in [-0.2, -0.15) is 15.5 Å². The number of benzene rings is 2. The van der Waals surface area contributed by atoms with E-state index in [9.17, 15) is 19.2 Å². The average molecular weight is 770 g/mol. The molecule has 16 nitrogen and oxygen atoms in total. The Kier molecular flexibility index (Phi) is 9.32. The highest BCUT2D eigenvalue weighted by molar-refractivity contribution is 6.09. The number of nitrogens with zero attached hydrogens (tertiary/aromatic N) is 9. The van der Waals surface area contributed by atoms with E-state index in [0.29, 0.717) is 40.9 Å². The van der Waals surface area contributed by atoms with Gasteiger partial charge in [0, 0.05) is 43.9 Å². The van der Waals surface area contributed by atoms with Crippen LogP contribution < -0.4 is 21.1 Å². The number of imidazole rings is 1. The number of anilines is 1. The van der Waals surface area contributed by atoms with Crippen LogP contribution in [0.1, 0.15) is 90.9 Å². The monoisotopic (exact) mass is 769 g/mol. The number of carbonyl (C=O) groups is 3. The molecular weight excluding hydrogens is 727 g/mol. The lowest BCUT2D eigenvalue weighted by Crippen LogP contribution is -2.44. The Hall–Kier alpha value is -6.34. The zero-order valence-corrected chi connectivity index (χ0v) is 31.8. The molecule has 3 amide bonds. The van der Waals surface area contributed by atoms with Crippen molar-refractivity contribution < 1.29 is 19.1 Å². The molecule has 3 aliphatic rings. The number of piperidine rings is 2. The molecule has 2 N–H and O–H groups in total. The normalized spacial score (nSPS) is 20.9. The Bertz CT molecular complexity index is 2670. The summed E-state index contributed by atoms with van der Waals surface area (Å²) in [6.45, 7) is 3.05. The van der Waals surface area contributed by atoms with Crippen LogP contribution in [0.3, 0.4) is 0 Å². The quantitative estimate of drug-likeness (QED) is 0.210. The topological polar surface area (TPSA) is 186 Å². The fraction of sp³-hybridized carbons (Fsp3) is 0.415. The number of aromatic nitrogens is 7. The predicted molar refractivity (Wildman–Crippen MR) is 210 cm³/mol. The Labute approximate surface area is 327 Å². The number of para-hydroxylation sites is 1. The number of aryl methyl sites for hydroxylation is 1. The van der Waals surface area contributed by atoms with Gasteiger partial charge in [-0.1, -0.05) is 12.1 Å². The smallest absolute Gasteiger partial charge is 0.329 e. The van der Waals surface area contributed by atoms with Gasteiger partial charge in [-0.3, -0.25) is 33.5 Å². The Morgan fingerprint density at radius 3 is 2.60 bits per heavy atom. The van der Waals surface area contributed by atoms with E-state index in [2.05, 4.69) is 42.6 Å². The third-order valence-corrected chi connectivity index (χ3v) is 12.2.